The fraction of sp³-hybridized carbons (Fsp3) is 0. The summed E-state index contributed by atoms with van der Waals surface area (Å²) in [5.74, 6) is 0. The minimum Gasteiger partial charge on any atom is 0 e. The molecule has 0 atom stereocenters. The second-order valence-corrected chi connectivity index (χ2v) is 0. The van der Waals surface area contributed by atoms with E-state index in [0.29, 0.717) is 0 Å². The minimum atomic E-state index is 0. The summed E-state index contributed by atoms with van der Waals surface area (Å²) in [7, 11) is 0. The number of hydrogen-bond donors (Lipinski definition) is 0. The molecule has 0 saturated carbocycles. The van der Waals surface area contributed by atoms with E-state index < -0.39 is 0 Å². The molecule has 0 nitrogen and oxygen atoms in total. The first-order valence-corrected chi connectivity index (χ1v) is 0. The normalized spacial score (nSPS) is 0. The first kappa shape index (κ1) is 37.3. The van der Waals surface area contributed by atoms with Gasteiger partial charge in [0.05, 0.1) is 0 Å². The average Bonchev–Trinajstić information content (AvgIpc) is 0. The molecule has 4 heavy (non-hydrogen) atoms. The largest absolute Gasteiger partial charge is 0 e. The standard InChI is InChI=1S/Co.Ni.Re.S. The molecule has 32 valence electrons. The van der Waals surface area contributed by atoms with Crippen LogP contribution in [0, 0.1) is 0 Å². The van der Waals surface area contributed by atoms with Gasteiger partial charge in [-0.25, -0.2) is 0 Å². The Bertz CT molecular complexity index is 8.00. The van der Waals surface area contributed by atoms with Gasteiger partial charge in [0.15, 0.2) is 0 Å². The van der Waals surface area contributed by atoms with Gasteiger partial charge in [-0.2, -0.15) is 0 Å². The predicted molar refractivity (Wildman–Crippen MR) is 7.59 cm³/mol. The van der Waals surface area contributed by atoms with Crippen molar-refractivity contribution < 1.29 is 53.7 Å². The molecule has 0 saturated heterocycles. The molecule has 4 radical (unpaired) electrons. The predicted octanol–water partition coefficient (Wildman–Crippen LogP) is 0.641. The van der Waals surface area contributed by atoms with Crippen LogP contribution >= 0.6 is 13.5 Å². The Kier molecular flexibility index (Phi) is 186. The van der Waals surface area contributed by atoms with Gasteiger partial charge in [0.1, 0.15) is 0 Å². The minimum absolute atomic E-state index is 0. The Morgan fingerprint density at radius 1 is 1.00 bits per heavy atom. The molecule has 0 heterocycles. The summed E-state index contributed by atoms with van der Waals surface area (Å²) in [5.41, 5.74) is 0. The van der Waals surface area contributed by atoms with Gasteiger partial charge < -0.3 is 0 Å². The third kappa shape index (κ3) is 8.99. The Balaban J connectivity index is 0. The van der Waals surface area contributed by atoms with E-state index in [9.17, 15) is 0 Å². The van der Waals surface area contributed by atoms with E-state index in [0.717, 1.165) is 0 Å². The fourth-order valence-electron chi connectivity index (χ4n) is 0. The molecule has 0 unspecified atom stereocenters. The Hall–Kier alpha value is 2.01. The zero-order chi connectivity index (χ0) is 0. The van der Waals surface area contributed by atoms with Gasteiger partial charge in [-0.15, -0.1) is 0 Å². The smallest absolute Gasteiger partial charge is 0 e. The van der Waals surface area contributed by atoms with E-state index in [1.54, 1.807) is 0 Å². The maximum absolute atomic E-state index is 0. The van der Waals surface area contributed by atoms with Crippen molar-refractivity contribution in [1.29, 1.82) is 0 Å². The van der Waals surface area contributed by atoms with Crippen LogP contribution in [0.25, 0.3) is 0 Å². The van der Waals surface area contributed by atoms with E-state index in [-0.39, 0.29) is 67.2 Å². The molecule has 0 amide bonds. The van der Waals surface area contributed by atoms with Crippen LogP contribution in [0.15, 0.2) is 0 Å². The third-order valence-corrected chi connectivity index (χ3v) is 0. The number of hydrogen-bond acceptors (Lipinski definition) is 0. The van der Waals surface area contributed by atoms with Crippen LogP contribution < -0.4 is 0 Å². The molecular weight excluding hydrogens is 336 g/mol. The molecule has 0 spiro atoms. The molecule has 4 heteroatoms. The summed E-state index contributed by atoms with van der Waals surface area (Å²) < 4.78 is 0. The molecule has 0 aromatic carbocycles. The average molecular weight is 336 g/mol. The summed E-state index contributed by atoms with van der Waals surface area (Å²) in [6.45, 7) is 0. The van der Waals surface area contributed by atoms with Crippen LogP contribution in [0.1, 0.15) is 0 Å². The van der Waals surface area contributed by atoms with Gasteiger partial charge in [-0.05, 0) is 0 Å². The van der Waals surface area contributed by atoms with Crippen LogP contribution in [0.4, 0.5) is 0 Å². The molecule has 0 aliphatic carbocycles. The van der Waals surface area contributed by atoms with Crippen LogP contribution in [0.5, 0.6) is 0 Å². The summed E-state index contributed by atoms with van der Waals surface area (Å²) in [4.78, 5) is 0. The fourth-order valence-corrected chi connectivity index (χ4v) is 0. The summed E-state index contributed by atoms with van der Waals surface area (Å²) in [6.07, 6.45) is 0. The van der Waals surface area contributed by atoms with Crippen LogP contribution in [0.3, 0.4) is 0 Å². The zero-order valence-corrected chi connectivity index (χ0v) is 7.00. The SMILES string of the molecule is [Co].[Ni].[Re].[S]. The zero-order valence-electron chi connectivity index (χ0n) is 1.44. The van der Waals surface area contributed by atoms with Gasteiger partial charge in [-0.1, -0.05) is 0 Å². The van der Waals surface area contributed by atoms with Crippen molar-refractivity contribution in [2.75, 3.05) is 0 Å². The molecule has 0 aromatic heterocycles. The van der Waals surface area contributed by atoms with Gasteiger partial charge in [0.2, 0.25) is 0 Å². The van der Waals surface area contributed by atoms with Crippen LogP contribution in [0.2, 0.25) is 0 Å². The Morgan fingerprint density at radius 2 is 1.00 bits per heavy atom. The molecule has 0 aliphatic heterocycles. The second-order valence-electron chi connectivity index (χ2n) is 0. The van der Waals surface area contributed by atoms with E-state index in [1.807, 2.05) is 0 Å². The van der Waals surface area contributed by atoms with Crippen molar-refractivity contribution in [2.45, 2.75) is 0 Å². The van der Waals surface area contributed by atoms with Crippen molar-refractivity contribution in [3.05, 3.63) is 0 Å². The van der Waals surface area contributed by atoms with Gasteiger partial charge in [0, 0.05) is 67.2 Å². The van der Waals surface area contributed by atoms with E-state index in [4.69, 9.17) is 0 Å². The molecule has 0 aliphatic rings. The van der Waals surface area contributed by atoms with Crippen molar-refractivity contribution >= 4 is 13.5 Å². The van der Waals surface area contributed by atoms with Crippen molar-refractivity contribution in [3.63, 3.8) is 0 Å². The van der Waals surface area contributed by atoms with Gasteiger partial charge in [-0.3, -0.25) is 0 Å². The summed E-state index contributed by atoms with van der Waals surface area (Å²) >= 11 is 0. The third-order valence-electron chi connectivity index (χ3n) is 0. The molecule has 0 N–H and O–H groups in total. The first-order valence-electron chi connectivity index (χ1n) is 0. The summed E-state index contributed by atoms with van der Waals surface area (Å²) in [5, 5.41) is 0. The maximum atomic E-state index is 0. The van der Waals surface area contributed by atoms with Crippen molar-refractivity contribution in [3.8, 4) is 0 Å². The number of rotatable bonds is 0. The quantitative estimate of drug-likeness (QED) is 0.570. The Morgan fingerprint density at radius 3 is 1.00 bits per heavy atom. The first-order chi connectivity index (χ1) is 0. The molecule has 0 rings (SSSR count). The van der Waals surface area contributed by atoms with E-state index in [1.165, 1.54) is 0 Å². The van der Waals surface area contributed by atoms with Crippen LogP contribution in [-0.4, -0.2) is 0 Å². The van der Waals surface area contributed by atoms with Gasteiger partial charge >= 0.3 is 0 Å². The van der Waals surface area contributed by atoms with Crippen molar-refractivity contribution in [1.82, 2.24) is 0 Å². The Labute approximate surface area is 66.7 Å². The van der Waals surface area contributed by atoms with E-state index in [2.05, 4.69) is 0 Å². The molecular formula is CoNiReS. The molecule has 0 fully saturated rings. The summed E-state index contributed by atoms with van der Waals surface area (Å²) in [6, 6.07) is 0. The molecule has 0 bridgehead atoms. The van der Waals surface area contributed by atoms with E-state index >= 15 is 0 Å². The molecule has 0 aromatic rings. The van der Waals surface area contributed by atoms with Gasteiger partial charge in [0.25, 0.3) is 0 Å². The maximum Gasteiger partial charge on any atom is 0 e. The second kappa shape index (κ2) is 19.9. The van der Waals surface area contributed by atoms with Crippen LogP contribution in [-0.2, 0) is 53.7 Å². The monoisotopic (exact) mass is 336 g/mol. The van der Waals surface area contributed by atoms with Crippen molar-refractivity contribution in [2.24, 2.45) is 0 Å². The topological polar surface area (TPSA) is 0 Å².